The molecule has 0 amide bonds. The first-order valence-electron chi connectivity index (χ1n) is 3.82. The minimum atomic E-state index is -2.79. The number of rotatable bonds is 0. The van der Waals surface area contributed by atoms with E-state index in [9.17, 15) is 8.78 Å². The molecule has 13 heavy (non-hydrogen) atoms. The van der Waals surface area contributed by atoms with Crippen molar-refractivity contribution >= 4 is 27.5 Å². The molecule has 1 aliphatic rings. The smallest absolute Gasteiger partial charge is 0.200 e. The van der Waals surface area contributed by atoms with Crippen molar-refractivity contribution in [3.8, 4) is 0 Å². The Morgan fingerprint density at radius 1 is 1.46 bits per heavy atom. The zero-order valence-electron chi connectivity index (χ0n) is 6.53. The molecular weight excluding hydrogens is 261 g/mol. The topological polar surface area (TPSA) is 0 Å². The van der Waals surface area contributed by atoms with Gasteiger partial charge in [-0.3, -0.25) is 0 Å². The van der Waals surface area contributed by atoms with Gasteiger partial charge in [0.1, 0.15) is 0 Å². The first-order chi connectivity index (χ1) is 6.01. The lowest BCUT2D eigenvalue weighted by Crippen LogP contribution is -2.20. The van der Waals surface area contributed by atoms with E-state index in [1.807, 2.05) is 0 Å². The summed E-state index contributed by atoms with van der Waals surface area (Å²) in [5, 5.41) is 0.361. The molecule has 1 aromatic carbocycles. The fourth-order valence-electron chi connectivity index (χ4n) is 1.53. The monoisotopic (exact) mass is 266 g/mol. The lowest BCUT2D eigenvalue weighted by Gasteiger charge is -2.13. The highest BCUT2D eigenvalue weighted by Gasteiger charge is 2.46. The van der Waals surface area contributed by atoms with Crippen LogP contribution in [0.25, 0.3) is 0 Å². The Morgan fingerprint density at radius 2 is 2.15 bits per heavy atom. The Balaban J connectivity index is 2.57. The standard InChI is InChI=1S/C9H6BrClF2/c10-8-3-5-1-2-6(11)4-7(5)9(8,12)13/h1-2,4,8H,3H2/t8-/m1/s1. The second-order valence-electron chi connectivity index (χ2n) is 3.10. The summed E-state index contributed by atoms with van der Waals surface area (Å²) < 4.78 is 26.8. The summed E-state index contributed by atoms with van der Waals surface area (Å²) in [6, 6.07) is 4.65. The van der Waals surface area contributed by atoms with Crippen LogP contribution in [0.4, 0.5) is 8.78 Å². The Labute approximate surface area is 88.0 Å². The molecule has 0 heterocycles. The summed E-state index contributed by atoms with van der Waals surface area (Å²) in [6.07, 6.45) is 0.361. The molecule has 0 N–H and O–H groups in total. The van der Waals surface area contributed by atoms with Crippen molar-refractivity contribution in [2.45, 2.75) is 17.2 Å². The van der Waals surface area contributed by atoms with Crippen LogP contribution in [0.1, 0.15) is 11.1 Å². The van der Waals surface area contributed by atoms with Gasteiger partial charge >= 0.3 is 0 Å². The first kappa shape index (κ1) is 9.41. The third-order valence-electron chi connectivity index (χ3n) is 2.22. The predicted octanol–water partition coefficient (Wildman–Crippen LogP) is 3.75. The molecule has 70 valence electrons. The first-order valence-corrected chi connectivity index (χ1v) is 5.12. The zero-order chi connectivity index (χ0) is 9.64. The van der Waals surface area contributed by atoms with Crippen molar-refractivity contribution in [2.75, 3.05) is 0 Å². The predicted molar refractivity (Wildman–Crippen MR) is 51.8 cm³/mol. The van der Waals surface area contributed by atoms with E-state index in [0.29, 0.717) is 17.0 Å². The molecule has 0 saturated heterocycles. The van der Waals surface area contributed by atoms with Gasteiger partial charge in [-0.2, -0.15) is 0 Å². The molecule has 4 heteroatoms. The number of fused-ring (bicyclic) bond motifs is 1. The van der Waals surface area contributed by atoms with Crippen LogP contribution < -0.4 is 0 Å². The van der Waals surface area contributed by atoms with Gasteiger partial charge in [-0.25, -0.2) is 8.78 Å². The number of benzene rings is 1. The molecule has 0 radical (unpaired) electrons. The van der Waals surface area contributed by atoms with Gasteiger partial charge in [0, 0.05) is 10.6 Å². The van der Waals surface area contributed by atoms with Crippen molar-refractivity contribution in [1.29, 1.82) is 0 Å². The lowest BCUT2D eigenvalue weighted by atomic mass is 10.1. The molecule has 1 aliphatic carbocycles. The lowest BCUT2D eigenvalue weighted by molar-refractivity contribution is 0.00634. The Morgan fingerprint density at radius 3 is 2.85 bits per heavy atom. The Bertz CT molecular complexity index is 351. The van der Waals surface area contributed by atoms with Crippen LogP contribution in [-0.4, -0.2) is 4.83 Å². The molecule has 1 aromatic rings. The van der Waals surface area contributed by atoms with Gasteiger partial charge in [0.05, 0.1) is 4.83 Å². The van der Waals surface area contributed by atoms with Crippen molar-refractivity contribution in [2.24, 2.45) is 0 Å². The maximum atomic E-state index is 13.4. The Hall–Kier alpha value is -0.150. The van der Waals surface area contributed by atoms with Gasteiger partial charge in [-0.1, -0.05) is 33.6 Å². The SMILES string of the molecule is FC1(F)c2cc(Cl)ccc2C[C@H]1Br. The highest BCUT2D eigenvalue weighted by atomic mass is 79.9. The van der Waals surface area contributed by atoms with E-state index in [1.165, 1.54) is 6.07 Å². The van der Waals surface area contributed by atoms with Crippen molar-refractivity contribution in [1.82, 2.24) is 0 Å². The molecule has 0 spiro atoms. The maximum Gasteiger partial charge on any atom is 0.286 e. The van der Waals surface area contributed by atoms with Crippen LogP contribution in [0.3, 0.4) is 0 Å². The van der Waals surface area contributed by atoms with E-state index in [4.69, 9.17) is 11.6 Å². The summed E-state index contributed by atoms with van der Waals surface area (Å²) in [7, 11) is 0. The molecule has 0 aliphatic heterocycles. The number of hydrogen-bond acceptors (Lipinski definition) is 0. The number of hydrogen-bond donors (Lipinski definition) is 0. The van der Waals surface area contributed by atoms with Crippen molar-refractivity contribution in [3.63, 3.8) is 0 Å². The van der Waals surface area contributed by atoms with Gasteiger partial charge < -0.3 is 0 Å². The highest BCUT2D eigenvalue weighted by Crippen LogP contribution is 2.46. The molecule has 0 nitrogen and oxygen atoms in total. The largest absolute Gasteiger partial charge is 0.286 e. The van der Waals surface area contributed by atoms with E-state index >= 15 is 0 Å². The molecule has 0 fully saturated rings. The molecule has 1 atom stereocenters. The van der Waals surface area contributed by atoms with Crippen LogP contribution in [0, 0.1) is 0 Å². The molecule has 0 unspecified atom stereocenters. The van der Waals surface area contributed by atoms with E-state index in [-0.39, 0.29) is 5.56 Å². The van der Waals surface area contributed by atoms with E-state index in [0.717, 1.165) is 0 Å². The second-order valence-corrected chi connectivity index (χ2v) is 4.64. The third-order valence-corrected chi connectivity index (χ3v) is 3.36. The third kappa shape index (κ3) is 1.38. The number of halogens is 4. The average Bonchev–Trinajstić information content (AvgIpc) is 2.27. The average molecular weight is 268 g/mol. The summed E-state index contributed by atoms with van der Waals surface area (Å²) in [4.78, 5) is -0.798. The molecular formula is C9H6BrClF2. The van der Waals surface area contributed by atoms with E-state index in [1.54, 1.807) is 12.1 Å². The van der Waals surface area contributed by atoms with Gasteiger partial charge in [0.2, 0.25) is 0 Å². The van der Waals surface area contributed by atoms with Crippen LogP contribution in [0.2, 0.25) is 5.02 Å². The van der Waals surface area contributed by atoms with E-state index in [2.05, 4.69) is 15.9 Å². The fraction of sp³-hybridized carbons (Fsp3) is 0.333. The van der Waals surface area contributed by atoms with Crippen LogP contribution >= 0.6 is 27.5 Å². The van der Waals surface area contributed by atoms with Crippen LogP contribution in [0.5, 0.6) is 0 Å². The highest BCUT2D eigenvalue weighted by molar-refractivity contribution is 9.09. The van der Waals surface area contributed by atoms with Crippen LogP contribution in [-0.2, 0) is 12.3 Å². The molecule has 0 saturated carbocycles. The van der Waals surface area contributed by atoms with Crippen molar-refractivity contribution in [3.05, 3.63) is 34.3 Å². The number of alkyl halides is 3. The molecule has 0 bridgehead atoms. The second kappa shape index (κ2) is 2.92. The summed E-state index contributed by atoms with van der Waals surface area (Å²) in [6.45, 7) is 0. The quantitative estimate of drug-likeness (QED) is 0.628. The minimum absolute atomic E-state index is 0.0573. The molecule has 0 aromatic heterocycles. The zero-order valence-corrected chi connectivity index (χ0v) is 8.87. The maximum absolute atomic E-state index is 13.4. The normalized spacial score (nSPS) is 24.5. The van der Waals surface area contributed by atoms with E-state index < -0.39 is 10.7 Å². The van der Waals surface area contributed by atoms with Gasteiger partial charge in [-0.15, -0.1) is 0 Å². The van der Waals surface area contributed by atoms with Gasteiger partial charge in [-0.05, 0) is 24.1 Å². The minimum Gasteiger partial charge on any atom is -0.200 e. The van der Waals surface area contributed by atoms with Gasteiger partial charge in [0.15, 0.2) is 0 Å². The summed E-state index contributed by atoms with van der Waals surface area (Å²) in [5.74, 6) is -2.79. The summed E-state index contributed by atoms with van der Waals surface area (Å²) >= 11 is 8.62. The Kier molecular flexibility index (Phi) is 2.11. The van der Waals surface area contributed by atoms with Gasteiger partial charge in [0.25, 0.3) is 5.92 Å². The van der Waals surface area contributed by atoms with Crippen molar-refractivity contribution < 1.29 is 8.78 Å². The van der Waals surface area contributed by atoms with Crippen LogP contribution in [0.15, 0.2) is 18.2 Å². The molecule has 2 rings (SSSR count). The fourth-order valence-corrected chi connectivity index (χ4v) is 2.29. The summed E-state index contributed by atoms with van der Waals surface area (Å²) in [5.41, 5.74) is 0.734.